The maximum atomic E-state index is 14.8. The van der Waals surface area contributed by atoms with Gasteiger partial charge in [0.25, 0.3) is 0 Å². The molecule has 5 unspecified atom stereocenters. The van der Waals surface area contributed by atoms with Crippen LogP contribution in [0.2, 0.25) is 0 Å². The number of fused-ring (bicyclic) bond motifs is 9. The summed E-state index contributed by atoms with van der Waals surface area (Å²) >= 11 is 1.55. The lowest BCUT2D eigenvalue weighted by atomic mass is 9.49. The molecule has 11 rings (SSSR count). The lowest BCUT2D eigenvalue weighted by Gasteiger charge is -2.58. The highest BCUT2D eigenvalue weighted by Crippen LogP contribution is 2.62. The third kappa shape index (κ3) is 8.67. The fourth-order valence-electron chi connectivity index (χ4n) is 13.2. The molecule has 0 saturated heterocycles. The molecule has 3 aromatic carbocycles. The van der Waals surface area contributed by atoms with Crippen LogP contribution < -0.4 is 0 Å². The van der Waals surface area contributed by atoms with Gasteiger partial charge in [-0.15, -0.1) is 11.3 Å². The summed E-state index contributed by atoms with van der Waals surface area (Å²) in [5, 5.41) is 37.4. The average molecular weight is 816 g/mol. The molecule has 7 aliphatic rings. The van der Waals surface area contributed by atoms with Gasteiger partial charge in [0.15, 0.2) is 0 Å². The van der Waals surface area contributed by atoms with Gasteiger partial charge in [-0.05, 0) is 160 Å². The quantitative estimate of drug-likeness (QED) is 0.0975. The Labute approximate surface area is 355 Å². The van der Waals surface area contributed by atoms with Gasteiger partial charge in [0.1, 0.15) is 0 Å². The zero-order valence-corrected chi connectivity index (χ0v) is 36.1. The summed E-state index contributed by atoms with van der Waals surface area (Å²) in [7, 11) is 0. The van der Waals surface area contributed by atoms with Crippen LogP contribution in [0, 0.1) is 28.6 Å². The molecule has 5 saturated carbocycles. The molecular weight excluding hydrogens is 751 g/mol. The van der Waals surface area contributed by atoms with Crippen molar-refractivity contribution in [3.63, 3.8) is 0 Å². The number of aliphatic hydroxyl groups is 3. The minimum Gasteiger partial charge on any atom is -0.393 e. The minimum absolute atomic E-state index is 0.0280. The van der Waals surface area contributed by atoms with E-state index in [1.165, 1.54) is 44.1 Å². The van der Waals surface area contributed by atoms with Crippen molar-refractivity contribution in [2.45, 2.75) is 128 Å². The van der Waals surface area contributed by atoms with E-state index in [1.807, 2.05) is 36.4 Å². The van der Waals surface area contributed by atoms with Gasteiger partial charge < -0.3 is 20.1 Å². The van der Waals surface area contributed by atoms with Gasteiger partial charge in [-0.1, -0.05) is 79.2 Å². The zero-order chi connectivity index (χ0) is 40.8. The summed E-state index contributed by atoms with van der Waals surface area (Å²) in [6.07, 6.45) is 14.1. The molecule has 5 atom stereocenters. The van der Waals surface area contributed by atoms with Crippen molar-refractivity contribution in [3.05, 3.63) is 118 Å². The van der Waals surface area contributed by atoms with Crippen molar-refractivity contribution in [2.24, 2.45) is 28.6 Å². The van der Waals surface area contributed by atoms with Crippen molar-refractivity contribution in [2.75, 3.05) is 26.2 Å². The predicted molar refractivity (Wildman–Crippen MR) is 238 cm³/mol. The van der Waals surface area contributed by atoms with Gasteiger partial charge in [0.2, 0.25) is 5.78 Å². The van der Waals surface area contributed by atoms with E-state index < -0.39 is 23.2 Å². The SMILES string of the molecule is CC1=CCCC2(C)C(CCC2(O)CN(CC(O)COCc2ccccc2)CC23CC4CC(CC(C4)C2)C3)c2ccc(cc2C(=O)c2cc3ccccc3s2)CC(O)CC1. The number of thiophene rings is 1. The number of rotatable bonds is 12. The Morgan fingerprint density at radius 3 is 2.39 bits per heavy atom. The van der Waals surface area contributed by atoms with Crippen LogP contribution in [0.25, 0.3) is 10.1 Å². The van der Waals surface area contributed by atoms with E-state index in [2.05, 4.69) is 67.3 Å². The van der Waals surface area contributed by atoms with E-state index in [4.69, 9.17) is 4.74 Å². The standard InChI is InChI=1S/C52H65NO5S/c1-35-9-8-19-50(2)46(44-17-15-37(24-42(54)16-14-35)25-45(44)49(56)48-26-41-12-6-7-13-47(41)59-48)18-20-52(50,57)34-53(30-43(55)32-58-31-36-10-4-3-5-11-36)33-51-27-38-21-39(28-51)23-40(22-38)29-51/h3-7,9-13,15,17,25-26,38-40,42-43,46,54-55,57H,8,14,16,18-24,27-34H2,1-2H3. The Morgan fingerprint density at radius 1 is 0.915 bits per heavy atom. The van der Waals surface area contributed by atoms with Crippen LogP contribution in [0.4, 0.5) is 0 Å². The van der Waals surface area contributed by atoms with Crippen LogP contribution in [0.1, 0.15) is 129 Å². The zero-order valence-electron chi connectivity index (χ0n) is 35.3. The number of carbonyl (C=O) groups is 1. The van der Waals surface area contributed by atoms with Gasteiger partial charge in [-0.2, -0.15) is 0 Å². The molecule has 4 aromatic rings. The summed E-state index contributed by atoms with van der Waals surface area (Å²) in [6.45, 7) is 7.04. The first-order chi connectivity index (χ1) is 28.5. The van der Waals surface area contributed by atoms with Crippen molar-refractivity contribution >= 4 is 27.2 Å². The van der Waals surface area contributed by atoms with E-state index in [0.717, 1.165) is 81.6 Å². The highest BCUT2D eigenvalue weighted by Gasteiger charge is 2.58. The Kier molecular flexibility index (Phi) is 11.8. The molecule has 5 fully saturated rings. The molecule has 59 heavy (non-hydrogen) atoms. The summed E-state index contributed by atoms with van der Waals surface area (Å²) in [5.41, 5.74) is 3.73. The first-order valence-corrected chi connectivity index (χ1v) is 23.5. The van der Waals surface area contributed by atoms with Crippen molar-refractivity contribution in [3.8, 4) is 0 Å². The van der Waals surface area contributed by atoms with E-state index in [1.54, 1.807) is 11.3 Å². The molecule has 0 radical (unpaired) electrons. The largest absolute Gasteiger partial charge is 0.393 e. The molecule has 3 N–H and O–H groups in total. The Bertz CT molecular complexity index is 2070. The third-order valence-corrected chi connectivity index (χ3v) is 16.8. The van der Waals surface area contributed by atoms with Crippen molar-refractivity contribution < 1.29 is 24.9 Å². The average Bonchev–Trinajstić information content (AvgIpc) is 3.74. The van der Waals surface area contributed by atoms with Crippen LogP contribution in [0.3, 0.4) is 0 Å². The monoisotopic (exact) mass is 815 g/mol. The molecule has 0 aliphatic heterocycles. The Hall–Kier alpha value is -3.17. The molecule has 1 heterocycles. The smallest absolute Gasteiger partial charge is 0.203 e. The van der Waals surface area contributed by atoms with Crippen LogP contribution >= 0.6 is 11.3 Å². The number of nitrogens with zero attached hydrogens (tertiary/aromatic N) is 1. The predicted octanol–water partition coefficient (Wildman–Crippen LogP) is 10.3. The number of ketones is 1. The van der Waals surface area contributed by atoms with Gasteiger partial charge in [0.05, 0.1) is 35.9 Å². The van der Waals surface area contributed by atoms with Crippen LogP contribution in [-0.2, 0) is 17.8 Å². The molecule has 6 nitrogen and oxygen atoms in total. The van der Waals surface area contributed by atoms with Crippen LogP contribution in [0.5, 0.6) is 0 Å². The van der Waals surface area contributed by atoms with E-state index in [0.29, 0.717) is 44.5 Å². The maximum absolute atomic E-state index is 14.8. The van der Waals surface area contributed by atoms with Gasteiger partial charge in [-0.25, -0.2) is 0 Å². The normalized spacial score (nSPS) is 32.3. The van der Waals surface area contributed by atoms with E-state index >= 15 is 0 Å². The van der Waals surface area contributed by atoms with E-state index in [9.17, 15) is 20.1 Å². The summed E-state index contributed by atoms with van der Waals surface area (Å²) in [5.74, 6) is 2.43. The molecule has 314 valence electrons. The molecule has 1 aromatic heterocycles. The number of hydrogen-bond acceptors (Lipinski definition) is 7. The van der Waals surface area contributed by atoms with E-state index in [-0.39, 0.29) is 23.7 Å². The molecule has 7 heteroatoms. The highest BCUT2D eigenvalue weighted by molar-refractivity contribution is 7.21. The highest BCUT2D eigenvalue weighted by atomic mass is 32.1. The number of hydrogen-bond donors (Lipinski definition) is 3. The molecular formula is C52H65NO5S. The second-order valence-corrected chi connectivity index (χ2v) is 21.3. The number of carbonyl (C=O) groups excluding carboxylic acids is 1. The summed E-state index contributed by atoms with van der Waals surface area (Å²) < 4.78 is 7.20. The summed E-state index contributed by atoms with van der Waals surface area (Å²) in [4.78, 5) is 18.0. The van der Waals surface area contributed by atoms with Gasteiger partial charge in [0, 0.05) is 35.3 Å². The second kappa shape index (κ2) is 16.9. The first-order valence-electron chi connectivity index (χ1n) is 22.7. The maximum Gasteiger partial charge on any atom is 0.203 e. The Balaban J connectivity index is 1.05. The third-order valence-electron chi connectivity index (χ3n) is 15.7. The number of ether oxygens (including phenoxy) is 1. The number of allylic oxidation sites excluding steroid dienone is 2. The first kappa shape index (κ1) is 41.2. The van der Waals surface area contributed by atoms with Crippen LogP contribution in [-0.4, -0.2) is 70.1 Å². The topological polar surface area (TPSA) is 90.2 Å². The molecule has 0 amide bonds. The van der Waals surface area contributed by atoms with Crippen molar-refractivity contribution in [1.29, 1.82) is 0 Å². The summed E-state index contributed by atoms with van der Waals surface area (Å²) in [6, 6.07) is 26.7. The number of aliphatic hydroxyl groups excluding tert-OH is 2. The number of benzene rings is 3. The lowest BCUT2D eigenvalue weighted by Crippen LogP contribution is -2.57. The van der Waals surface area contributed by atoms with Gasteiger partial charge >= 0.3 is 0 Å². The van der Waals surface area contributed by atoms with Crippen LogP contribution in [0.15, 0.2) is 90.5 Å². The molecule has 6 bridgehead atoms. The molecule has 7 aliphatic carbocycles. The minimum atomic E-state index is -1.05. The fraction of sp³-hybridized carbons (Fsp3) is 0.558. The second-order valence-electron chi connectivity index (χ2n) is 20.2. The lowest BCUT2D eigenvalue weighted by molar-refractivity contribution is -0.115. The van der Waals surface area contributed by atoms with Gasteiger partial charge in [-0.3, -0.25) is 9.69 Å². The van der Waals surface area contributed by atoms with Crippen molar-refractivity contribution in [1.82, 2.24) is 4.90 Å². The fourth-order valence-corrected chi connectivity index (χ4v) is 14.2. The Morgan fingerprint density at radius 2 is 1.64 bits per heavy atom. The molecule has 0 spiro atoms.